The number of hydrogen-bond donors (Lipinski definition) is 1. The summed E-state index contributed by atoms with van der Waals surface area (Å²) >= 11 is 0. The summed E-state index contributed by atoms with van der Waals surface area (Å²) in [7, 11) is 0. The van der Waals surface area contributed by atoms with Gasteiger partial charge in [0.05, 0.1) is 5.69 Å². The summed E-state index contributed by atoms with van der Waals surface area (Å²) < 4.78 is 0. The number of aromatic nitrogens is 2. The maximum Gasteiger partial charge on any atom is 0.133 e. The molecule has 1 heterocycles. The number of nitrogens with one attached hydrogen (secondary N) is 1. The van der Waals surface area contributed by atoms with Crippen molar-refractivity contribution in [3.05, 3.63) is 41.7 Å². The van der Waals surface area contributed by atoms with Crippen LogP contribution in [-0.2, 0) is 6.42 Å². The van der Waals surface area contributed by atoms with E-state index in [2.05, 4.69) is 67.2 Å². The highest BCUT2D eigenvalue weighted by Crippen LogP contribution is 2.31. The molecule has 21 heavy (non-hydrogen) atoms. The molecule has 0 aliphatic heterocycles. The van der Waals surface area contributed by atoms with Crippen LogP contribution in [0.4, 0.5) is 5.82 Å². The predicted octanol–water partition coefficient (Wildman–Crippen LogP) is 4.65. The van der Waals surface area contributed by atoms with Gasteiger partial charge >= 0.3 is 0 Å². The van der Waals surface area contributed by atoms with Crippen LogP contribution in [0.5, 0.6) is 0 Å². The first-order valence-electron chi connectivity index (χ1n) is 7.85. The first-order chi connectivity index (χ1) is 10.2. The van der Waals surface area contributed by atoms with E-state index in [1.54, 1.807) is 6.33 Å². The fourth-order valence-corrected chi connectivity index (χ4v) is 2.46. The third kappa shape index (κ3) is 3.60. The van der Waals surface area contributed by atoms with Gasteiger partial charge in [0.2, 0.25) is 0 Å². The number of benzene rings is 1. The Labute approximate surface area is 127 Å². The minimum Gasteiger partial charge on any atom is -0.370 e. The van der Waals surface area contributed by atoms with Gasteiger partial charge in [-0.15, -0.1) is 0 Å². The van der Waals surface area contributed by atoms with E-state index in [1.165, 1.54) is 11.1 Å². The summed E-state index contributed by atoms with van der Waals surface area (Å²) in [5, 5.41) is 3.43. The zero-order chi connectivity index (χ0) is 15.2. The Morgan fingerprint density at radius 2 is 1.76 bits per heavy atom. The molecule has 1 N–H and O–H groups in total. The van der Waals surface area contributed by atoms with Crippen molar-refractivity contribution in [1.82, 2.24) is 9.97 Å². The summed E-state index contributed by atoms with van der Waals surface area (Å²) in [5.41, 5.74) is 4.76. The number of nitrogens with zero attached hydrogens (tertiary/aromatic N) is 2. The van der Waals surface area contributed by atoms with Crippen molar-refractivity contribution in [2.24, 2.45) is 0 Å². The van der Waals surface area contributed by atoms with E-state index in [9.17, 15) is 0 Å². The lowest BCUT2D eigenvalue weighted by molar-refractivity contribution is 0.844. The molecule has 0 spiro atoms. The van der Waals surface area contributed by atoms with E-state index < -0.39 is 0 Å². The van der Waals surface area contributed by atoms with Gasteiger partial charge in [-0.1, -0.05) is 52.0 Å². The Morgan fingerprint density at radius 3 is 2.33 bits per heavy atom. The average molecular weight is 283 g/mol. The number of anilines is 1. The van der Waals surface area contributed by atoms with Crippen molar-refractivity contribution < 1.29 is 0 Å². The molecule has 2 rings (SSSR count). The SMILES string of the molecule is CCCNc1ncnc(-c2ccc(CC)cc2)c1C(C)C. The van der Waals surface area contributed by atoms with Crippen LogP contribution in [0.3, 0.4) is 0 Å². The van der Waals surface area contributed by atoms with Crippen LogP contribution in [0.25, 0.3) is 11.3 Å². The van der Waals surface area contributed by atoms with Gasteiger partial charge in [-0.25, -0.2) is 9.97 Å². The Balaban J connectivity index is 2.45. The summed E-state index contributed by atoms with van der Waals surface area (Å²) in [6.07, 6.45) is 3.80. The molecule has 0 saturated carbocycles. The molecular formula is C18H25N3. The van der Waals surface area contributed by atoms with Gasteiger partial charge < -0.3 is 5.32 Å². The monoisotopic (exact) mass is 283 g/mol. The zero-order valence-corrected chi connectivity index (χ0v) is 13.5. The highest BCUT2D eigenvalue weighted by atomic mass is 15.0. The third-order valence-corrected chi connectivity index (χ3v) is 3.64. The summed E-state index contributed by atoms with van der Waals surface area (Å²) in [4.78, 5) is 8.98. The van der Waals surface area contributed by atoms with Crippen LogP contribution in [-0.4, -0.2) is 16.5 Å². The Morgan fingerprint density at radius 1 is 1.05 bits per heavy atom. The molecule has 3 heteroatoms. The van der Waals surface area contributed by atoms with Gasteiger partial charge in [0.1, 0.15) is 12.1 Å². The second kappa shape index (κ2) is 7.21. The molecule has 1 aromatic heterocycles. The zero-order valence-electron chi connectivity index (χ0n) is 13.5. The van der Waals surface area contributed by atoms with E-state index in [1.807, 2.05) is 0 Å². The second-order valence-electron chi connectivity index (χ2n) is 5.62. The van der Waals surface area contributed by atoms with Gasteiger partial charge in [-0.3, -0.25) is 0 Å². The van der Waals surface area contributed by atoms with Crippen LogP contribution >= 0.6 is 0 Å². The van der Waals surface area contributed by atoms with Crippen LogP contribution in [0.15, 0.2) is 30.6 Å². The van der Waals surface area contributed by atoms with Gasteiger partial charge in [0.15, 0.2) is 0 Å². The molecular weight excluding hydrogens is 258 g/mol. The Hall–Kier alpha value is -1.90. The molecule has 0 amide bonds. The maximum absolute atomic E-state index is 4.54. The molecule has 0 radical (unpaired) electrons. The molecule has 0 aliphatic rings. The molecule has 0 atom stereocenters. The van der Waals surface area contributed by atoms with Gasteiger partial charge in [-0.05, 0) is 24.3 Å². The average Bonchev–Trinajstić information content (AvgIpc) is 2.52. The number of rotatable bonds is 6. The molecule has 2 aromatic rings. The van der Waals surface area contributed by atoms with Crippen molar-refractivity contribution in [2.75, 3.05) is 11.9 Å². The Bertz CT molecular complexity index is 574. The molecule has 0 unspecified atom stereocenters. The fourth-order valence-electron chi connectivity index (χ4n) is 2.46. The van der Waals surface area contributed by atoms with E-state index >= 15 is 0 Å². The van der Waals surface area contributed by atoms with E-state index in [4.69, 9.17) is 0 Å². The molecule has 3 nitrogen and oxygen atoms in total. The van der Waals surface area contributed by atoms with Crippen molar-refractivity contribution >= 4 is 5.82 Å². The van der Waals surface area contributed by atoms with Crippen molar-refractivity contribution in [1.29, 1.82) is 0 Å². The topological polar surface area (TPSA) is 37.8 Å². The standard InChI is InChI=1S/C18H25N3/c1-5-11-19-18-16(13(3)4)17(20-12-21-18)15-9-7-14(6-2)8-10-15/h7-10,12-13H,5-6,11H2,1-4H3,(H,19,20,21). The fraction of sp³-hybridized carbons (Fsp3) is 0.444. The first-order valence-corrected chi connectivity index (χ1v) is 7.85. The van der Waals surface area contributed by atoms with Gasteiger partial charge in [-0.2, -0.15) is 0 Å². The molecule has 0 bridgehead atoms. The summed E-state index contributed by atoms with van der Waals surface area (Å²) in [6.45, 7) is 9.66. The van der Waals surface area contributed by atoms with Crippen molar-refractivity contribution in [2.45, 2.75) is 46.5 Å². The largest absolute Gasteiger partial charge is 0.370 e. The van der Waals surface area contributed by atoms with Gasteiger partial charge in [0, 0.05) is 17.7 Å². The first kappa shape index (κ1) is 15.5. The van der Waals surface area contributed by atoms with Crippen molar-refractivity contribution in [3.63, 3.8) is 0 Å². The van der Waals surface area contributed by atoms with E-state index in [0.717, 1.165) is 36.5 Å². The molecule has 1 aromatic carbocycles. The normalized spacial score (nSPS) is 10.9. The predicted molar refractivity (Wildman–Crippen MR) is 89.7 cm³/mol. The Kier molecular flexibility index (Phi) is 5.32. The third-order valence-electron chi connectivity index (χ3n) is 3.64. The quantitative estimate of drug-likeness (QED) is 0.838. The van der Waals surface area contributed by atoms with Crippen LogP contribution in [0, 0.1) is 0 Å². The summed E-state index contributed by atoms with van der Waals surface area (Å²) in [5.74, 6) is 1.35. The minimum atomic E-state index is 0.381. The van der Waals surface area contributed by atoms with Crippen LogP contribution < -0.4 is 5.32 Å². The summed E-state index contributed by atoms with van der Waals surface area (Å²) in [6, 6.07) is 8.69. The van der Waals surface area contributed by atoms with Gasteiger partial charge in [0.25, 0.3) is 0 Å². The smallest absolute Gasteiger partial charge is 0.133 e. The molecule has 0 aliphatic carbocycles. The van der Waals surface area contributed by atoms with Crippen LogP contribution in [0.1, 0.15) is 51.2 Å². The second-order valence-corrected chi connectivity index (χ2v) is 5.62. The molecule has 0 fully saturated rings. The number of aryl methyl sites for hydroxylation is 1. The highest BCUT2D eigenvalue weighted by Gasteiger charge is 2.15. The minimum absolute atomic E-state index is 0.381. The number of hydrogen-bond acceptors (Lipinski definition) is 3. The molecule has 0 saturated heterocycles. The van der Waals surface area contributed by atoms with Crippen LogP contribution in [0.2, 0.25) is 0 Å². The van der Waals surface area contributed by atoms with E-state index in [-0.39, 0.29) is 0 Å². The lowest BCUT2D eigenvalue weighted by atomic mass is 9.96. The van der Waals surface area contributed by atoms with E-state index in [0.29, 0.717) is 5.92 Å². The lowest BCUT2D eigenvalue weighted by Crippen LogP contribution is -2.08. The maximum atomic E-state index is 4.54. The van der Waals surface area contributed by atoms with Crippen molar-refractivity contribution in [3.8, 4) is 11.3 Å². The lowest BCUT2D eigenvalue weighted by Gasteiger charge is -2.17. The molecule has 112 valence electrons. The highest BCUT2D eigenvalue weighted by molar-refractivity contribution is 5.69.